The minimum Gasteiger partial charge on any atom is -0.466 e. The van der Waals surface area contributed by atoms with E-state index in [1.165, 1.54) is 0 Å². The van der Waals surface area contributed by atoms with Gasteiger partial charge >= 0.3 is 5.97 Å². The van der Waals surface area contributed by atoms with Crippen LogP contribution in [0, 0.1) is 0 Å². The van der Waals surface area contributed by atoms with Crippen molar-refractivity contribution >= 4 is 11.7 Å². The van der Waals surface area contributed by atoms with Crippen molar-refractivity contribution in [2.24, 2.45) is 0 Å². The summed E-state index contributed by atoms with van der Waals surface area (Å²) in [5.41, 5.74) is 7.58. The standard InChI is InChI=1S/C16H25NO4/c1-5-21-14(19)9-13(18)15(20)11-8-10(16(2,3)4)6-7-12(11)17/h6-8,13,15,18,20H,5,9,17H2,1-4H3. The largest absolute Gasteiger partial charge is 0.466 e. The molecule has 118 valence electrons. The van der Waals surface area contributed by atoms with Crippen LogP contribution in [-0.2, 0) is 14.9 Å². The summed E-state index contributed by atoms with van der Waals surface area (Å²) < 4.78 is 4.77. The van der Waals surface area contributed by atoms with E-state index >= 15 is 0 Å². The Morgan fingerprint density at radius 2 is 1.95 bits per heavy atom. The van der Waals surface area contributed by atoms with E-state index in [1.54, 1.807) is 19.1 Å². The summed E-state index contributed by atoms with van der Waals surface area (Å²) in [6.07, 6.45) is -2.74. The molecular weight excluding hydrogens is 270 g/mol. The van der Waals surface area contributed by atoms with Crippen LogP contribution in [0.1, 0.15) is 51.3 Å². The van der Waals surface area contributed by atoms with Crippen LogP contribution in [0.15, 0.2) is 18.2 Å². The maximum atomic E-state index is 11.4. The van der Waals surface area contributed by atoms with Crippen molar-refractivity contribution in [1.82, 2.24) is 0 Å². The van der Waals surface area contributed by atoms with Crippen LogP contribution in [0.4, 0.5) is 5.69 Å². The molecular formula is C16H25NO4. The molecule has 0 amide bonds. The number of rotatable bonds is 5. The van der Waals surface area contributed by atoms with Crippen molar-refractivity contribution in [2.45, 2.75) is 51.7 Å². The third-order valence-electron chi connectivity index (χ3n) is 3.32. The molecule has 4 N–H and O–H groups in total. The van der Waals surface area contributed by atoms with Crippen LogP contribution in [-0.4, -0.2) is 28.9 Å². The van der Waals surface area contributed by atoms with Crippen LogP contribution in [0.5, 0.6) is 0 Å². The second-order valence-electron chi connectivity index (χ2n) is 6.12. The number of nitrogens with two attached hydrogens (primary N) is 1. The highest BCUT2D eigenvalue weighted by Crippen LogP contribution is 2.30. The molecule has 0 saturated carbocycles. The van der Waals surface area contributed by atoms with Gasteiger partial charge in [-0.3, -0.25) is 4.79 Å². The van der Waals surface area contributed by atoms with Crippen LogP contribution in [0.25, 0.3) is 0 Å². The average molecular weight is 295 g/mol. The highest BCUT2D eigenvalue weighted by molar-refractivity contribution is 5.70. The number of ether oxygens (including phenoxy) is 1. The van der Waals surface area contributed by atoms with Gasteiger partial charge in [0, 0.05) is 11.3 Å². The monoisotopic (exact) mass is 295 g/mol. The second-order valence-corrected chi connectivity index (χ2v) is 6.12. The molecule has 0 saturated heterocycles. The molecule has 1 aromatic rings. The lowest BCUT2D eigenvalue weighted by molar-refractivity contribution is -0.147. The summed E-state index contributed by atoms with van der Waals surface area (Å²) in [5, 5.41) is 20.2. The van der Waals surface area contributed by atoms with E-state index in [1.807, 2.05) is 26.8 Å². The summed E-state index contributed by atoms with van der Waals surface area (Å²) in [7, 11) is 0. The van der Waals surface area contributed by atoms with Crippen LogP contribution in [0.3, 0.4) is 0 Å². The van der Waals surface area contributed by atoms with Crippen LogP contribution in [0.2, 0.25) is 0 Å². The Bertz CT molecular complexity index is 494. The predicted molar refractivity (Wildman–Crippen MR) is 81.8 cm³/mol. The average Bonchev–Trinajstić information content (AvgIpc) is 2.37. The summed E-state index contributed by atoms with van der Waals surface area (Å²) in [6.45, 7) is 8.06. The highest BCUT2D eigenvalue weighted by atomic mass is 16.5. The number of hydrogen-bond acceptors (Lipinski definition) is 5. The van der Waals surface area contributed by atoms with Crippen molar-refractivity contribution in [3.63, 3.8) is 0 Å². The Hall–Kier alpha value is -1.59. The third-order valence-corrected chi connectivity index (χ3v) is 3.32. The van der Waals surface area contributed by atoms with Crippen molar-refractivity contribution in [3.05, 3.63) is 29.3 Å². The summed E-state index contributed by atoms with van der Waals surface area (Å²) in [5.74, 6) is -0.547. The van der Waals surface area contributed by atoms with E-state index in [-0.39, 0.29) is 18.4 Å². The van der Waals surface area contributed by atoms with E-state index in [2.05, 4.69) is 0 Å². The summed E-state index contributed by atoms with van der Waals surface area (Å²) >= 11 is 0. The van der Waals surface area contributed by atoms with Gasteiger partial charge in [0.2, 0.25) is 0 Å². The minimum absolute atomic E-state index is 0.103. The van der Waals surface area contributed by atoms with Crippen molar-refractivity contribution in [3.8, 4) is 0 Å². The normalized spacial score (nSPS) is 14.6. The van der Waals surface area contributed by atoms with Gasteiger partial charge in [-0.2, -0.15) is 0 Å². The quantitative estimate of drug-likeness (QED) is 0.570. The smallest absolute Gasteiger partial charge is 0.308 e. The number of carbonyl (C=O) groups is 1. The van der Waals surface area contributed by atoms with Gasteiger partial charge in [0.1, 0.15) is 6.10 Å². The van der Waals surface area contributed by atoms with Gasteiger partial charge in [-0.1, -0.05) is 32.9 Å². The number of aliphatic hydroxyl groups excluding tert-OH is 2. The van der Waals surface area contributed by atoms with Gasteiger partial charge in [-0.05, 0) is 24.0 Å². The van der Waals surface area contributed by atoms with E-state index < -0.39 is 18.2 Å². The molecule has 1 rings (SSSR count). The van der Waals surface area contributed by atoms with E-state index in [0.29, 0.717) is 11.3 Å². The maximum Gasteiger partial charge on any atom is 0.308 e. The fraction of sp³-hybridized carbons (Fsp3) is 0.562. The predicted octanol–water partition coefficient (Wildman–Crippen LogP) is 1.91. The van der Waals surface area contributed by atoms with Gasteiger partial charge in [-0.15, -0.1) is 0 Å². The molecule has 5 heteroatoms. The number of carbonyl (C=O) groups excluding carboxylic acids is 1. The molecule has 0 aromatic heterocycles. The molecule has 0 radical (unpaired) electrons. The number of anilines is 1. The van der Waals surface area contributed by atoms with Crippen LogP contribution < -0.4 is 5.73 Å². The lowest BCUT2D eigenvalue weighted by atomic mass is 9.84. The molecule has 0 spiro atoms. The molecule has 2 atom stereocenters. The first-order valence-corrected chi connectivity index (χ1v) is 7.08. The fourth-order valence-corrected chi connectivity index (χ4v) is 2.01. The zero-order valence-corrected chi connectivity index (χ0v) is 13.1. The van der Waals surface area contributed by atoms with Crippen LogP contribution >= 0.6 is 0 Å². The topological polar surface area (TPSA) is 92.8 Å². The molecule has 0 aliphatic heterocycles. The molecule has 0 aliphatic rings. The molecule has 0 heterocycles. The Labute approximate surface area is 125 Å². The van der Waals surface area contributed by atoms with Crippen molar-refractivity contribution in [2.75, 3.05) is 12.3 Å². The molecule has 0 aliphatic carbocycles. The Morgan fingerprint density at radius 3 is 2.48 bits per heavy atom. The first kappa shape index (κ1) is 17.5. The Morgan fingerprint density at radius 1 is 1.33 bits per heavy atom. The van der Waals surface area contributed by atoms with Crippen molar-refractivity contribution in [1.29, 1.82) is 0 Å². The third kappa shape index (κ3) is 4.72. The number of hydrogen-bond donors (Lipinski definition) is 3. The second kappa shape index (κ2) is 6.91. The first-order chi connectivity index (χ1) is 9.66. The zero-order chi connectivity index (χ0) is 16.2. The molecule has 2 unspecified atom stereocenters. The van der Waals surface area contributed by atoms with E-state index in [4.69, 9.17) is 10.5 Å². The van der Waals surface area contributed by atoms with Gasteiger partial charge in [0.15, 0.2) is 0 Å². The molecule has 1 aromatic carbocycles. The number of esters is 1. The lowest BCUT2D eigenvalue weighted by Crippen LogP contribution is -2.24. The van der Waals surface area contributed by atoms with Gasteiger partial charge in [0.25, 0.3) is 0 Å². The fourth-order valence-electron chi connectivity index (χ4n) is 2.01. The van der Waals surface area contributed by atoms with E-state index in [0.717, 1.165) is 5.56 Å². The minimum atomic E-state index is -1.25. The summed E-state index contributed by atoms with van der Waals surface area (Å²) in [6, 6.07) is 5.37. The molecule has 21 heavy (non-hydrogen) atoms. The van der Waals surface area contributed by atoms with Gasteiger partial charge in [0.05, 0.1) is 19.1 Å². The molecule has 0 bridgehead atoms. The first-order valence-electron chi connectivity index (χ1n) is 7.08. The number of aliphatic hydroxyl groups is 2. The molecule has 0 fully saturated rings. The Balaban J connectivity index is 2.95. The maximum absolute atomic E-state index is 11.4. The Kier molecular flexibility index (Phi) is 5.75. The van der Waals surface area contributed by atoms with Gasteiger partial charge in [-0.25, -0.2) is 0 Å². The van der Waals surface area contributed by atoms with E-state index in [9.17, 15) is 15.0 Å². The lowest BCUT2D eigenvalue weighted by Gasteiger charge is -2.24. The van der Waals surface area contributed by atoms with Gasteiger partial charge < -0.3 is 20.7 Å². The van der Waals surface area contributed by atoms with Crippen molar-refractivity contribution < 1.29 is 19.7 Å². The number of nitrogen functional groups attached to an aromatic ring is 1. The summed E-state index contributed by atoms with van der Waals surface area (Å²) in [4.78, 5) is 11.4. The molecule has 5 nitrogen and oxygen atoms in total. The highest BCUT2D eigenvalue weighted by Gasteiger charge is 2.25. The zero-order valence-electron chi connectivity index (χ0n) is 13.1. The SMILES string of the molecule is CCOC(=O)CC(O)C(O)c1cc(C(C)(C)C)ccc1N. The number of benzene rings is 1.